The molecule has 0 aliphatic rings. The van der Waals surface area contributed by atoms with Crippen molar-refractivity contribution in [2.24, 2.45) is 0 Å². The number of rotatable bonds is 2. The highest BCUT2D eigenvalue weighted by Crippen LogP contribution is 2.30. The van der Waals surface area contributed by atoms with Crippen LogP contribution < -0.4 is 0 Å². The molecule has 0 aromatic rings. The molecule has 0 saturated heterocycles. The largest absolute Gasteiger partial charge is 0.300 e. The summed E-state index contributed by atoms with van der Waals surface area (Å²) in [6, 6.07) is 0. The minimum Gasteiger partial charge on any atom is -0.236 e. The van der Waals surface area contributed by atoms with Crippen LogP contribution in [0.5, 0.6) is 0 Å². The molecule has 8 heavy (non-hydrogen) atoms. The van der Waals surface area contributed by atoms with Gasteiger partial charge >= 0.3 is 0 Å². The first-order valence-electron chi connectivity index (χ1n) is 1.77. The molecular weight excluding hydrogens is 347 g/mol. The first-order valence-corrected chi connectivity index (χ1v) is 4.09. The molecule has 0 spiro atoms. The summed E-state index contributed by atoms with van der Waals surface area (Å²) in [5.41, 5.74) is 0. The summed E-state index contributed by atoms with van der Waals surface area (Å²) in [7, 11) is 0. The predicted molar refractivity (Wildman–Crippen MR) is 42.5 cm³/mol. The molecule has 5 heteroatoms. The Morgan fingerprint density at radius 3 is 1.88 bits per heavy atom. The van der Waals surface area contributed by atoms with Gasteiger partial charge in [0, 0.05) is 0 Å². The maximum atomic E-state index is 11.7. The fourth-order valence-corrected chi connectivity index (χ4v) is 1.96. The SMILES string of the molecule is FC(I)CC(F)(F)I. The van der Waals surface area contributed by atoms with Crippen LogP contribution in [-0.2, 0) is 0 Å². The average molecular weight is 350 g/mol. The molecule has 0 aliphatic carbocycles. The molecule has 0 aromatic heterocycles. The average Bonchev–Trinajstić information content (AvgIpc) is 1.21. The summed E-state index contributed by atoms with van der Waals surface area (Å²) in [5, 5.41) is 0. The molecule has 0 rings (SSSR count). The maximum Gasteiger partial charge on any atom is 0.300 e. The summed E-state index contributed by atoms with van der Waals surface area (Å²) in [5.74, 6) is 0. The van der Waals surface area contributed by atoms with Gasteiger partial charge in [0.05, 0.1) is 6.42 Å². The molecule has 0 aromatic carbocycles. The minimum absolute atomic E-state index is 0.700. The lowest BCUT2D eigenvalue weighted by molar-refractivity contribution is 0.104. The second-order valence-corrected chi connectivity index (χ2v) is 4.14. The van der Waals surface area contributed by atoms with Crippen LogP contribution in [0, 0.1) is 0 Å². The van der Waals surface area contributed by atoms with Gasteiger partial charge in [-0.15, -0.1) is 0 Å². The third kappa shape index (κ3) is 7.25. The Morgan fingerprint density at radius 1 is 1.50 bits per heavy atom. The van der Waals surface area contributed by atoms with Gasteiger partial charge in [0.25, 0.3) is 3.93 Å². The van der Waals surface area contributed by atoms with E-state index in [0.717, 1.165) is 22.6 Å². The van der Waals surface area contributed by atoms with Crippen molar-refractivity contribution in [3.05, 3.63) is 0 Å². The zero-order valence-corrected chi connectivity index (χ0v) is 7.99. The molecule has 50 valence electrons. The van der Waals surface area contributed by atoms with Crippen LogP contribution in [0.15, 0.2) is 0 Å². The Balaban J connectivity index is 3.39. The van der Waals surface area contributed by atoms with E-state index < -0.39 is 14.5 Å². The van der Waals surface area contributed by atoms with E-state index in [2.05, 4.69) is 0 Å². The van der Waals surface area contributed by atoms with E-state index in [4.69, 9.17) is 0 Å². The highest BCUT2D eigenvalue weighted by molar-refractivity contribution is 14.1. The van der Waals surface area contributed by atoms with Gasteiger partial charge in [-0.25, -0.2) is 4.39 Å². The lowest BCUT2D eigenvalue weighted by Gasteiger charge is -2.05. The molecular formula is C3H3F3I2. The predicted octanol–water partition coefficient (Wildman–Crippen LogP) is 3.13. The van der Waals surface area contributed by atoms with E-state index in [9.17, 15) is 13.2 Å². The monoisotopic (exact) mass is 350 g/mol. The molecule has 0 heterocycles. The normalized spacial score (nSPS) is 16.1. The highest BCUT2D eigenvalue weighted by Gasteiger charge is 2.27. The lowest BCUT2D eigenvalue weighted by Crippen LogP contribution is -2.08. The smallest absolute Gasteiger partial charge is 0.236 e. The Bertz CT molecular complexity index is 67.4. The maximum absolute atomic E-state index is 11.7. The topological polar surface area (TPSA) is 0 Å². The molecule has 0 aliphatic heterocycles. The zero-order valence-electron chi connectivity index (χ0n) is 3.67. The molecule has 0 amide bonds. The number of hydrogen-bond donors (Lipinski definition) is 0. The van der Waals surface area contributed by atoms with Crippen molar-refractivity contribution in [3.8, 4) is 0 Å². The van der Waals surface area contributed by atoms with Gasteiger partial charge in [0.15, 0.2) is 4.18 Å². The van der Waals surface area contributed by atoms with Gasteiger partial charge in [-0.1, -0.05) is 0 Å². The minimum atomic E-state index is -2.89. The van der Waals surface area contributed by atoms with Crippen molar-refractivity contribution in [3.63, 3.8) is 0 Å². The van der Waals surface area contributed by atoms with Crippen LogP contribution in [0.4, 0.5) is 13.2 Å². The first-order chi connectivity index (χ1) is 3.42. The Labute approximate surface area is 72.5 Å². The van der Waals surface area contributed by atoms with Crippen LogP contribution in [0.25, 0.3) is 0 Å². The third-order valence-corrected chi connectivity index (χ3v) is 1.27. The summed E-state index contributed by atoms with van der Waals surface area (Å²) in [6.45, 7) is 0. The lowest BCUT2D eigenvalue weighted by atomic mass is 10.5. The van der Waals surface area contributed by atoms with Gasteiger partial charge in [-0.3, -0.25) is 0 Å². The van der Waals surface area contributed by atoms with E-state index in [1.165, 1.54) is 22.6 Å². The number of alkyl halides is 5. The number of halogens is 5. The summed E-state index contributed by atoms with van der Waals surface area (Å²) in [6.07, 6.45) is -0.700. The second kappa shape index (κ2) is 3.43. The molecule has 1 unspecified atom stereocenters. The van der Waals surface area contributed by atoms with Gasteiger partial charge in [-0.05, 0) is 45.2 Å². The van der Waals surface area contributed by atoms with E-state index in [-0.39, 0.29) is 0 Å². The standard InChI is InChI=1S/C3H3F3I2/c4-2(7)1-3(5,6)8/h2H,1H2. The van der Waals surface area contributed by atoms with Gasteiger partial charge in [-0.2, -0.15) is 8.78 Å². The second-order valence-electron chi connectivity index (χ2n) is 1.21. The van der Waals surface area contributed by atoms with E-state index >= 15 is 0 Å². The van der Waals surface area contributed by atoms with Crippen LogP contribution >= 0.6 is 45.2 Å². The van der Waals surface area contributed by atoms with Gasteiger partial charge in [0.1, 0.15) is 0 Å². The molecule has 0 saturated carbocycles. The third-order valence-electron chi connectivity index (χ3n) is 0.386. The van der Waals surface area contributed by atoms with E-state index in [1.807, 2.05) is 0 Å². The Kier molecular flexibility index (Phi) is 3.96. The zero-order chi connectivity index (χ0) is 6.78. The Morgan fingerprint density at radius 2 is 1.88 bits per heavy atom. The summed E-state index contributed by atoms with van der Waals surface area (Å²) < 4.78 is 30.8. The van der Waals surface area contributed by atoms with Crippen molar-refractivity contribution in [2.75, 3.05) is 0 Å². The van der Waals surface area contributed by atoms with Crippen molar-refractivity contribution in [2.45, 2.75) is 14.5 Å². The fourth-order valence-electron chi connectivity index (χ4n) is 0.175. The Hall–Kier alpha value is 1.25. The van der Waals surface area contributed by atoms with Crippen molar-refractivity contribution >= 4 is 45.2 Å². The number of hydrogen-bond acceptors (Lipinski definition) is 0. The van der Waals surface area contributed by atoms with Gasteiger partial charge in [0.2, 0.25) is 0 Å². The first kappa shape index (κ1) is 9.25. The van der Waals surface area contributed by atoms with Crippen molar-refractivity contribution in [1.29, 1.82) is 0 Å². The molecule has 1 atom stereocenters. The molecule has 0 fully saturated rings. The molecule has 0 radical (unpaired) electrons. The quantitative estimate of drug-likeness (QED) is 0.531. The molecule has 0 nitrogen and oxygen atoms in total. The van der Waals surface area contributed by atoms with Crippen molar-refractivity contribution in [1.82, 2.24) is 0 Å². The van der Waals surface area contributed by atoms with Crippen molar-refractivity contribution < 1.29 is 13.2 Å². The highest BCUT2D eigenvalue weighted by atomic mass is 127. The van der Waals surface area contributed by atoms with Crippen LogP contribution in [-0.4, -0.2) is 8.11 Å². The fraction of sp³-hybridized carbons (Fsp3) is 1.00. The summed E-state index contributed by atoms with van der Waals surface area (Å²) >= 11 is 2.23. The molecule has 0 bridgehead atoms. The van der Waals surface area contributed by atoms with Gasteiger partial charge < -0.3 is 0 Å². The molecule has 0 N–H and O–H groups in total. The summed E-state index contributed by atoms with van der Waals surface area (Å²) in [4.78, 5) is 0. The van der Waals surface area contributed by atoms with Crippen LogP contribution in [0.2, 0.25) is 0 Å². The van der Waals surface area contributed by atoms with Crippen LogP contribution in [0.1, 0.15) is 6.42 Å². The van der Waals surface area contributed by atoms with E-state index in [0.29, 0.717) is 0 Å². The van der Waals surface area contributed by atoms with Crippen LogP contribution in [0.3, 0.4) is 0 Å². The van der Waals surface area contributed by atoms with E-state index in [1.54, 1.807) is 0 Å².